The molecule has 1 saturated heterocycles. The first-order valence-corrected chi connectivity index (χ1v) is 8.73. The van der Waals surface area contributed by atoms with Crippen molar-refractivity contribution in [3.8, 4) is 0 Å². The number of benzene rings is 1. The van der Waals surface area contributed by atoms with E-state index >= 15 is 0 Å². The van der Waals surface area contributed by atoms with Crippen LogP contribution >= 0.6 is 15.9 Å². The third-order valence-electron chi connectivity index (χ3n) is 4.35. The third kappa shape index (κ3) is 4.57. The fourth-order valence-corrected chi connectivity index (χ4v) is 3.56. The Hall–Kier alpha value is -0.380. The van der Waals surface area contributed by atoms with Crippen molar-refractivity contribution < 1.29 is 0 Å². The van der Waals surface area contributed by atoms with Crippen molar-refractivity contribution in [2.45, 2.75) is 51.6 Å². The molecule has 0 spiro atoms. The molecule has 0 amide bonds. The number of hydrogen-bond acceptors (Lipinski definition) is 2. The number of halogens is 1. The van der Waals surface area contributed by atoms with E-state index in [4.69, 9.17) is 0 Å². The summed E-state index contributed by atoms with van der Waals surface area (Å²) in [5.41, 5.74) is 1.39. The van der Waals surface area contributed by atoms with Gasteiger partial charge in [0.15, 0.2) is 0 Å². The van der Waals surface area contributed by atoms with Gasteiger partial charge in [-0.05, 0) is 57.0 Å². The van der Waals surface area contributed by atoms with Crippen molar-refractivity contribution >= 4 is 15.9 Å². The molecule has 1 aromatic carbocycles. The first kappa shape index (κ1) is 16.0. The summed E-state index contributed by atoms with van der Waals surface area (Å²) < 4.78 is 1.17. The number of hydrogen-bond donors (Lipinski definition) is 1. The second-order valence-electron chi connectivity index (χ2n) is 5.83. The number of likely N-dealkylation sites (tertiary alicyclic amines) is 1. The van der Waals surface area contributed by atoms with Crippen LogP contribution in [0.1, 0.15) is 51.1 Å². The number of nitrogens with zero attached hydrogens (tertiary/aromatic N) is 1. The summed E-state index contributed by atoms with van der Waals surface area (Å²) in [6.07, 6.45) is 5.32. The SMILES string of the molecule is CCNC(CCN1CCCCC1C)c1cccc(Br)c1. The predicted molar refractivity (Wildman–Crippen MR) is 90.1 cm³/mol. The van der Waals surface area contributed by atoms with Gasteiger partial charge in [-0.1, -0.05) is 41.4 Å². The molecular weight excluding hydrogens is 312 g/mol. The minimum atomic E-state index is 0.464. The van der Waals surface area contributed by atoms with Crippen LogP contribution in [0.25, 0.3) is 0 Å². The summed E-state index contributed by atoms with van der Waals surface area (Å²) in [7, 11) is 0. The molecule has 2 unspecified atom stereocenters. The molecule has 20 heavy (non-hydrogen) atoms. The van der Waals surface area contributed by atoms with Gasteiger partial charge in [0.1, 0.15) is 0 Å². The maximum absolute atomic E-state index is 3.63. The topological polar surface area (TPSA) is 15.3 Å². The van der Waals surface area contributed by atoms with E-state index in [1.54, 1.807) is 0 Å². The van der Waals surface area contributed by atoms with Crippen LogP contribution in [-0.2, 0) is 0 Å². The van der Waals surface area contributed by atoms with Crippen molar-refractivity contribution in [1.29, 1.82) is 0 Å². The van der Waals surface area contributed by atoms with Crippen LogP contribution < -0.4 is 5.32 Å². The van der Waals surface area contributed by atoms with Crippen molar-refractivity contribution in [2.75, 3.05) is 19.6 Å². The molecule has 0 aromatic heterocycles. The highest BCUT2D eigenvalue weighted by molar-refractivity contribution is 9.10. The van der Waals surface area contributed by atoms with Gasteiger partial charge >= 0.3 is 0 Å². The Bertz CT molecular complexity index is 408. The summed E-state index contributed by atoms with van der Waals surface area (Å²) in [6, 6.07) is 9.93. The first-order chi connectivity index (χ1) is 9.70. The highest BCUT2D eigenvalue weighted by atomic mass is 79.9. The zero-order valence-electron chi connectivity index (χ0n) is 12.7. The monoisotopic (exact) mass is 338 g/mol. The summed E-state index contributed by atoms with van der Waals surface area (Å²) in [5, 5.41) is 3.63. The van der Waals surface area contributed by atoms with E-state index in [0.29, 0.717) is 6.04 Å². The summed E-state index contributed by atoms with van der Waals surface area (Å²) in [4.78, 5) is 2.66. The van der Waals surface area contributed by atoms with Crippen molar-refractivity contribution in [2.24, 2.45) is 0 Å². The van der Waals surface area contributed by atoms with Crippen LogP contribution in [0.4, 0.5) is 0 Å². The van der Waals surface area contributed by atoms with E-state index in [2.05, 4.69) is 64.3 Å². The second-order valence-corrected chi connectivity index (χ2v) is 6.75. The molecule has 1 N–H and O–H groups in total. The van der Waals surface area contributed by atoms with Crippen LogP contribution in [-0.4, -0.2) is 30.6 Å². The molecule has 1 fully saturated rings. The maximum Gasteiger partial charge on any atom is 0.0332 e. The van der Waals surface area contributed by atoms with Gasteiger partial charge < -0.3 is 10.2 Å². The summed E-state index contributed by atoms with van der Waals surface area (Å²) >= 11 is 3.58. The molecule has 0 bridgehead atoms. The van der Waals surface area contributed by atoms with Crippen molar-refractivity contribution in [1.82, 2.24) is 10.2 Å². The predicted octanol–water partition coefficient (Wildman–Crippen LogP) is 4.36. The molecule has 1 aliphatic heterocycles. The highest BCUT2D eigenvalue weighted by Crippen LogP contribution is 2.23. The molecule has 112 valence electrons. The van der Waals surface area contributed by atoms with Gasteiger partial charge in [-0.15, -0.1) is 0 Å². The van der Waals surface area contributed by atoms with Crippen molar-refractivity contribution in [3.05, 3.63) is 34.3 Å². The fourth-order valence-electron chi connectivity index (χ4n) is 3.14. The lowest BCUT2D eigenvalue weighted by molar-refractivity contribution is 0.153. The van der Waals surface area contributed by atoms with Gasteiger partial charge in [-0.25, -0.2) is 0 Å². The zero-order valence-corrected chi connectivity index (χ0v) is 14.3. The molecule has 2 rings (SSSR count). The Morgan fingerprint density at radius 1 is 1.40 bits per heavy atom. The van der Waals surface area contributed by atoms with Crippen LogP contribution in [0.5, 0.6) is 0 Å². The van der Waals surface area contributed by atoms with E-state index in [1.807, 2.05) is 0 Å². The average molecular weight is 339 g/mol. The molecule has 1 aromatic rings. The lowest BCUT2D eigenvalue weighted by Crippen LogP contribution is -2.39. The van der Waals surface area contributed by atoms with E-state index in [9.17, 15) is 0 Å². The third-order valence-corrected chi connectivity index (χ3v) is 4.84. The quantitative estimate of drug-likeness (QED) is 0.828. The Labute approximate surface area is 132 Å². The van der Waals surface area contributed by atoms with Crippen LogP contribution in [0, 0.1) is 0 Å². The second kappa shape index (κ2) is 8.16. The van der Waals surface area contributed by atoms with Gasteiger partial charge in [-0.2, -0.15) is 0 Å². The van der Waals surface area contributed by atoms with E-state index in [1.165, 1.54) is 48.8 Å². The summed E-state index contributed by atoms with van der Waals surface area (Å²) in [5.74, 6) is 0. The van der Waals surface area contributed by atoms with E-state index < -0.39 is 0 Å². The van der Waals surface area contributed by atoms with Gasteiger partial charge in [0, 0.05) is 23.1 Å². The smallest absolute Gasteiger partial charge is 0.0332 e. The normalized spacial score (nSPS) is 21.9. The Balaban J connectivity index is 1.95. The first-order valence-electron chi connectivity index (χ1n) is 7.93. The van der Waals surface area contributed by atoms with E-state index in [0.717, 1.165) is 12.6 Å². The largest absolute Gasteiger partial charge is 0.310 e. The molecule has 2 nitrogen and oxygen atoms in total. The van der Waals surface area contributed by atoms with Crippen LogP contribution in [0.15, 0.2) is 28.7 Å². The summed E-state index contributed by atoms with van der Waals surface area (Å²) in [6.45, 7) is 8.06. The standard InChI is InChI=1S/C17H27BrN2/c1-3-19-17(15-8-6-9-16(18)13-15)10-12-20-11-5-4-7-14(20)2/h6,8-9,13-14,17,19H,3-5,7,10-12H2,1-2H3. The minimum absolute atomic E-state index is 0.464. The van der Waals surface area contributed by atoms with Gasteiger partial charge in [0.25, 0.3) is 0 Å². The molecule has 1 aliphatic rings. The Morgan fingerprint density at radius 2 is 2.25 bits per heavy atom. The van der Waals surface area contributed by atoms with Gasteiger partial charge in [0.2, 0.25) is 0 Å². The molecule has 0 aliphatic carbocycles. The maximum atomic E-state index is 3.63. The van der Waals surface area contributed by atoms with E-state index in [-0.39, 0.29) is 0 Å². The lowest BCUT2D eigenvalue weighted by Gasteiger charge is -2.34. The molecule has 0 radical (unpaired) electrons. The minimum Gasteiger partial charge on any atom is -0.310 e. The molecule has 3 heteroatoms. The molecule has 0 saturated carbocycles. The number of piperidine rings is 1. The number of nitrogens with one attached hydrogen (secondary N) is 1. The lowest BCUT2D eigenvalue weighted by atomic mass is 10.00. The Kier molecular flexibility index (Phi) is 6.53. The van der Waals surface area contributed by atoms with Gasteiger partial charge in [0.05, 0.1) is 0 Å². The average Bonchev–Trinajstić information content (AvgIpc) is 2.45. The molecule has 2 atom stereocenters. The van der Waals surface area contributed by atoms with Crippen molar-refractivity contribution in [3.63, 3.8) is 0 Å². The fraction of sp³-hybridized carbons (Fsp3) is 0.647. The Morgan fingerprint density at radius 3 is 2.95 bits per heavy atom. The highest BCUT2D eigenvalue weighted by Gasteiger charge is 2.19. The molecule has 1 heterocycles. The van der Waals surface area contributed by atoms with Gasteiger partial charge in [-0.3, -0.25) is 0 Å². The zero-order chi connectivity index (χ0) is 14.4. The van der Waals surface area contributed by atoms with Crippen LogP contribution in [0.2, 0.25) is 0 Å². The van der Waals surface area contributed by atoms with Crippen LogP contribution in [0.3, 0.4) is 0 Å². The number of rotatable bonds is 6. The molecular formula is C17H27BrN2.